The van der Waals surface area contributed by atoms with Crippen LogP contribution in [0.5, 0.6) is 0 Å². The van der Waals surface area contributed by atoms with Crippen LogP contribution in [0.1, 0.15) is 45.0 Å². The summed E-state index contributed by atoms with van der Waals surface area (Å²) >= 11 is 1.40. The quantitative estimate of drug-likeness (QED) is 0.272. The van der Waals surface area contributed by atoms with Gasteiger partial charge in [-0.3, -0.25) is 4.52 Å². The minimum Gasteiger partial charge on any atom is -0.390 e. The molecule has 0 radical (unpaired) electrons. The van der Waals surface area contributed by atoms with E-state index in [0.717, 1.165) is 17.0 Å². The maximum Gasteiger partial charge on any atom is 0.481 e. The zero-order valence-electron chi connectivity index (χ0n) is 18.3. The number of aliphatic hydroxyl groups is 1. The fraction of sp³-hybridized carbons (Fsp3) is 0.647. The average Bonchev–Trinajstić information content (AvgIpc) is 2.96. The molecular weight excluding hydrogens is 482 g/mol. The van der Waals surface area contributed by atoms with Gasteiger partial charge in [-0.25, -0.2) is 19.1 Å². The molecule has 2 rings (SSSR count). The topological polar surface area (TPSA) is 189 Å². The van der Waals surface area contributed by atoms with Crippen LogP contribution in [0.4, 0.5) is 5.82 Å². The van der Waals surface area contributed by atoms with Crippen LogP contribution in [-0.4, -0.2) is 52.7 Å². The van der Waals surface area contributed by atoms with Crippen LogP contribution >= 0.6 is 27.4 Å². The number of aryl methyl sites for hydroxylation is 1. The summed E-state index contributed by atoms with van der Waals surface area (Å²) < 4.78 is 31.0. The summed E-state index contributed by atoms with van der Waals surface area (Å²) in [6.07, 6.45) is 1.91. The maximum atomic E-state index is 11.7. The second kappa shape index (κ2) is 10.9. The minimum absolute atomic E-state index is 0.0133. The molecule has 6 N–H and O–H groups in total. The third kappa shape index (κ3) is 7.51. The molecule has 0 aliphatic carbocycles. The molecular formula is C17H30N4O8P2S. The summed E-state index contributed by atoms with van der Waals surface area (Å²) in [5.74, 6) is 0.910. The number of aromatic nitrogens is 2. The summed E-state index contributed by atoms with van der Waals surface area (Å²) in [5, 5.41) is 10.6. The number of hydrogen-bond acceptors (Lipinski definition) is 10. The minimum atomic E-state index is -5.18. The van der Waals surface area contributed by atoms with Crippen LogP contribution in [0.15, 0.2) is 16.8 Å². The number of nitrogens with two attached hydrogens (primary N) is 1. The summed E-state index contributed by atoms with van der Waals surface area (Å²) in [5.41, 5.74) is 7.56. The number of phosphoric ester groups is 1. The van der Waals surface area contributed by atoms with Gasteiger partial charge >= 0.3 is 15.6 Å². The summed E-state index contributed by atoms with van der Waals surface area (Å²) in [6, 6.07) is 0. The van der Waals surface area contributed by atoms with E-state index in [1.54, 1.807) is 13.1 Å². The third-order valence-electron chi connectivity index (χ3n) is 5.08. The van der Waals surface area contributed by atoms with Gasteiger partial charge in [-0.2, -0.15) is 4.31 Å². The lowest BCUT2D eigenvalue weighted by Gasteiger charge is -2.33. The van der Waals surface area contributed by atoms with Gasteiger partial charge in [0.15, 0.2) is 0 Å². The number of hydrogen-bond donors (Lipinski definition) is 5. The molecule has 0 amide bonds. The molecule has 15 heteroatoms. The normalized spacial score (nSPS) is 21.0. The lowest BCUT2D eigenvalue weighted by atomic mass is 10.0. The standard InChI is InChI=1S/C17H30N4O8P2S/c1-5-10(2)15(22)17-21(9-13-8-19-12(4)20-16(13)18)11(3)14(32-17)6-7-28-31(26,27)29-30(23,24)25/h8,10,15,17,22H,5-7,9H2,1-4H3,(H,26,27)(H2,18,19,20)(H2,23,24,25). The zero-order valence-corrected chi connectivity index (χ0v) is 20.9. The molecule has 0 aromatic carbocycles. The van der Waals surface area contributed by atoms with Gasteiger partial charge in [0.1, 0.15) is 17.0 Å². The Bertz CT molecular complexity index is 943. The van der Waals surface area contributed by atoms with E-state index in [4.69, 9.17) is 20.0 Å². The van der Waals surface area contributed by atoms with Crippen LogP contribution in [0, 0.1) is 12.8 Å². The Hall–Kier alpha value is -1.01. The lowest BCUT2D eigenvalue weighted by molar-refractivity contribution is 0.0651. The molecule has 1 aliphatic rings. The number of aliphatic hydroxyl groups excluding tert-OH is 1. The van der Waals surface area contributed by atoms with Crippen molar-refractivity contribution >= 4 is 33.2 Å². The van der Waals surface area contributed by atoms with Crippen molar-refractivity contribution in [2.75, 3.05) is 12.3 Å². The highest BCUT2D eigenvalue weighted by molar-refractivity contribution is 8.03. The number of anilines is 1. The van der Waals surface area contributed by atoms with Crippen LogP contribution in [-0.2, 0) is 24.5 Å². The van der Waals surface area contributed by atoms with E-state index >= 15 is 0 Å². The lowest BCUT2D eigenvalue weighted by Crippen LogP contribution is -2.40. The first-order chi connectivity index (χ1) is 14.7. The largest absolute Gasteiger partial charge is 0.481 e. The Balaban J connectivity index is 2.19. The molecule has 0 fully saturated rings. The van der Waals surface area contributed by atoms with E-state index < -0.39 is 21.7 Å². The monoisotopic (exact) mass is 512 g/mol. The highest BCUT2D eigenvalue weighted by atomic mass is 32.2. The molecule has 32 heavy (non-hydrogen) atoms. The molecule has 182 valence electrons. The van der Waals surface area contributed by atoms with Gasteiger partial charge in [0.25, 0.3) is 0 Å². The van der Waals surface area contributed by atoms with Gasteiger partial charge in [0.2, 0.25) is 0 Å². The van der Waals surface area contributed by atoms with Crippen LogP contribution in [0.2, 0.25) is 0 Å². The average molecular weight is 512 g/mol. The molecule has 2 heterocycles. The summed E-state index contributed by atoms with van der Waals surface area (Å²) in [7, 11) is -10.1. The SMILES string of the molecule is CCC(C)C(O)C1SC(CCOP(=O)(O)OP(=O)(O)O)=C(C)N1Cc1cnc(C)nc1N. The van der Waals surface area contributed by atoms with Crippen molar-refractivity contribution in [1.82, 2.24) is 14.9 Å². The first-order valence-corrected chi connectivity index (χ1v) is 13.8. The van der Waals surface area contributed by atoms with E-state index in [1.165, 1.54) is 11.8 Å². The van der Waals surface area contributed by atoms with Crippen molar-refractivity contribution in [2.24, 2.45) is 5.92 Å². The zero-order chi connectivity index (χ0) is 24.3. The number of rotatable bonds is 11. The van der Waals surface area contributed by atoms with Gasteiger partial charge in [-0.15, -0.1) is 11.8 Å². The molecule has 12 nitrogen and oxygen atoms in total. The summed E-state index contributed by atoms with van der Waals surface area (Å²) in [6.45, 7) is 7.56. The predicted molar refractivity (Wildman–Crippen MR) is 120 cm³/mol. The Labute approximate surface area is 191 Å². The Kier molecular flexibility index (Phi) is 9.31. The van der Waals surface area contributed by atoms with Gasteiger partial charge < -0.3 is 30.4 Å². The van der Waals surface area contributed by atoms with Crippen LogP contribution < -0.4 is 5.73 Å². The smallest absolute Gasteiger partial charge is 0.390 e. The molecule has 0 spiro atoms. The first kappa shape index (κ1) is 27.2. The fourth-order valence-electron chi connectivity index (χ4n) is 3.10. The van der Waals surface area contributed by atoms with Gasteiger partial charge in [-0.05, 0) is 19.8 Å². The van der Waals surface area contributed by atoms with Gasteiger partial charge in [0.05, 0.1) is 12.7 Å². The van der Waals surface area contributed by atoms with Crippen molar-refractivity contribution in [3.05, 3.63) is 28.2 Å². The van der Waals surface area contributed by atoms with Crippen LogP contribution in [0.3, 0.4) is 0 Å². The molecule has 1 aromatic heterocycles. The van der Waals surface area contributed by atoms with E-state index in [0.29, 0.717) is 23.8 Å². The van der Waals surface area contributed by atoms with E-state index in [1.807, 2.05) is 25.7 Å². The highest BCUT2D eigenvalue weighted by Gasteiger charge is 2.38. The maximum absolute atomic E-state index is 11.7. The number of nitrogen functional groups attached to an aromatic ring is 1. The number of thioether (sulfide) groups is 1. The van der Waals surface area contributed by atoms with E-state index in [2.05, 4.69) is 14.3 Å². The predicted octanol–water partition coefficient (Wildman–Crippen LogP) is 2.50. The summed E-state index contributed by atoms with van der Waals surface area (Å²) in [4.78, 5) is 38.0. The second-order valence-electron chi connectivity index (χ2n) is 7.47. The van der Waals surface area contributed by atoms with Crippen molar-refractivity contribution in [3.63, 3.8) is 0 Å². The highest BCUT2D eigenvalue weighted by Crippen LogP contribution is 2.57. The molecule has 4 atom stereocenters. The number of phosphoric acid groups is 2. The number of nitrogens with zero attached hydrogens (tertiary/aromatic N) is 3. The van der Waals surface area contributed by atoms with E-state index in [-0.39, 0.29) is 24.3 Å². The van der Waals surface area contributed by atoms with Gasteiger partial charge in [-0.1, -0.05) is 20.3 Å². The fourth-order valence-corrected chi connectivity index (χ4v) is 6.23. The van der Waals surface area contributed by atoms with Crippen molar-refractivity contribution in [3.8, 4) is 0 Å². The molecule has 1 aromatic rings. The van der Waals surface area contributed by atoms with Crippen molar-refractivity contribution in [2.45, 2.75) is 58.6 Å². The van der Waals surface area contributed by atoms with Crippen molar-refractivity contribution < 1.29 is 37.8 Å². The second-order valence-corrected chi connectivity index (χ2v) is 11.5. The number of allylic oxidation sites excluding steroid dienone is 1. The Morgan fingerprint density at radius 1 is 1.31 bits per heavy atom. The Morgan fingerprint density at radius 3 is 2.53 bits per heavy atom. The molecule has 0 saturated heterocycles. The Morgan fingerprint density at radius 2 is 1.97 bits per heavy atom. The van der Waals surface area contributed by atoms with Crippen molar-refractivity contribution in [1.29, 1.82) is 0 Å². The first-order valence-electron chi connectivity index (χ1n) is 9.87. The molecule has 1 aliphatic heterocycles. The van der Waals surface area contributed by atoms with Gasteiger partial charge in [0, 0.05) is 35.3 Å². The van der Waals surface area contributed by atoms with Crippen LogP contribution in [0.25, 0.3) is 0 Å². The third-order valence-corrected chi connectivity index (χ3v) is 8.82. The molecule has 0 bridgehead atoms. The molecule has 0 saturated carbocycles. The van der Waals surface area contributed by atoms with E-state index in [9.17, 15) is 19.1 Å². The molecule has 4 unspecified atom stereocenters.